The van der Waals surface area contributed by atoms with E-state index in [1.165, 1.54) is 0 Å². The second kappa shape index (κ2) is 6.02. The van der Waals surface area contributed by atoms with Crippen LogP contribution in [-0.4, -0.2) is 16.1 Å². The Morgan fingerprint density at radius 2 is 1.81 bits per heavy atom. The highest BCUT2D eigenvalue weighted by atomic mass is 35.5. The van der Waals surface area contributed by atoms with Crippen molar-refractivity contribution in [2.75, 3.05) is 0 Å². The van der Waals surface area contributed by atoms with Gasteiger partial charge >= 0.3 is 0 Å². The van der Waals surface area contributed by atoms with E-state index in [9.17, 15) is 0 Å². The Balaban J connectivity index is 2.44. The number of rotatable bonds is 3. The van der Waals surface area contributed by atoms with Crippen LogP contribution in [0.4, 0.5) is 0 Å². The van der Waals surface area contributed by atoms with Gasteiger partial charge in [-0.25, -0.2) is 9.97 Å². The maximum absolute atomic E-state index is 6.15. The molecule has 0 aliphatic heterocycles. The minimum absolute atomic E-state index is 0.138. The molecule has 2 rings (SSSR count). The van der Waals surface area contributed by atoms with Crippen molar-refractivity contribution in [3.8, 4) is 17.0 Å². The van der Waals surface area contributed by atoms with Gasteiger partial charge in [0.05, 0.1) is 11.8 Å². The molecule has 2 aromatic rings. The maximum atomic E-state index is 6.15. The molecule has 0 atom stereocenters. The number of benzene rings is 1. The molecule has 0 aliphatic rings. The van der Waals surface area contributed by atoms with Crippen LogP contribution in [0.25, 0.3) is 11.3 Å². The Morgan fingerprint density at radius 3 is 2.43 bits per heavy atom. The zero-order chi connectivity index (χ0) is 15.6. The summed E-state index contributed by atoms with van der Waals surface area (Å²) in [5.41, 5.74) is 1.64. The van der Waals surface area contributed by atoms with Gasteiger partial charge in [0, 0.05) is 17.0 Å². The molecular weight excluding hydrogens is 284 g/mol. The highest BCUT2D eigenvalue weighted by Crippen LogP contribution is 2.27. The lowest BCUT2D eigenvalue weighted by atomic mass is 9.95. The molecule has 1 aromatic carbocycles. The Morgan fingerprint density at radius 1 is 1.10 bits per heavy atom. The number of halogens is 1. The lowest BCUT2D eigenvalue weighted by Gasteiger charge is -2.18. The van der Waals surface area contributed by atoms with Crippen molar-refractivity contribution in [3.63, 3.8) is 0 Å². The van der Waals surface area contributed by atoms with Crippen LogP contribution < -0.4 is 4.74 Å². The predicted octanol–water partition coefficient (Wildman–Crippen LogP) is 4.88. The molecule has 4 heteroatoms. The van der Waals surface area contributed by atoms with Crippen LogP contribution in [0, 0.1) is 0 Å². The third-order valence-electron chi connectivity index (χ3n) is 2.87. The van der Waals surface area contributed by atoms with Crippen molar-refractivity contribution in [1.82, 2.24) is 9.97 Å². The first kappa shape index (κ1) is 15.8. The lowest BCUT2D eigenvalue weighted by Crippen LogP contribution is -2.16. The van der Waals surface area contributed by atoms with Crippen LogP contribution in [0.2, 0.25) is 5.15 Å². The molecule has 0 amide bonds. The van der Waals surface area contributed by atoms with Crippen molar-refractivity contribution < 1.29 is 4.74 Å². The molecule has 0 saturated heterocycles. The molecule has 0 bridgehead atoms. The summed E-state index contributed by atoms with van der Waals surface area (Å²) in [6.07, 6.45) is 0.138. The van der Waals surface area contributed by atoms with Gasteiger partial charge in [0.25, 0.3) is 0 Å². The SMILES string of the molecule is CC(C)Oc1cccc(-c2cc(Cl)nc(C(C)(C)C)n2)c1. The van der Waals surface area contributed by atoms with E-state index in [1.54, 1.807) is 6.07 Å². The molecule has 112 valence electrons. The highest BCUT2D eigenvalue weighted by molar-refractivity contribution is 6.29. The fraction of sp³-hybridized carbons (Fsp3) is 0.412. The minimum Gasteiger partial charge on any atom is -0.491 e. The Bertz CT molecular complexity index is 633. The topological polar surface area (TPSA) is 35.0 Å². The molecule has 1 heterocycles. The number of ether oxygens (including phenoxy) is 1. The van der Waals surface area contributed by atoms with E-state index < -0.39 is 0 Å². The molecule has 0 unspecified atom stereocenters. The molecule has 3 nitrogen and oxygen atoms in total. The summed E-state index contributed by atoms with van der Waals surface area (Å²) in [6, 6.07) is 9.66. The van der Waals surface area contributed by atoms with Crippen molar-refractivity contribution in [2.24, 2.45) is 0 Å². The minimum atomic E-state index is -0.147. The van der Waals surface area contributed by atoms with Crippen LogP contribution in [0.3, 0.4) is 0 Å². The molecule has 0 N–H and O–H groups in total. The average Bonchev–Trinajstić information content (AvgIpc) is 2.36. The first-order chi connectivity index (χ1) is 9.75. The summed E-state index contributed by atoms with van der Waals surface area (Å²) >= 11 is 6.15. The van der Waals surface area contributed by atoms with Crippen LogP contribution in [0.15, 0.2) is 30.3 Å². The van der Waals surface area contributed by atoms with Crippen molar-refractivity contribution >= 4 is 11.6 Å². The van der Waals surface area contributed by atoms with E-state index in [2.05, 4.69) is 30.7 Å². The summed E-state index contributed by atoms with van der Waals surface area (Å²) in [5, 5.41) is 0.458. The van der Waals surface area contributed by atoms with Crippen LogP contribution in [0.5, 0.6) is 5.75 Å². The fourth-order valence-corrected chi connectivity index (χ4v) is 2.09. The molecule has 0 spiro atoms. The first-order valence-electron chi connectivity index (χ1n) is 7.08. The van der Waals surface area contributed by atoms with Crippen LogP contribution in [-0.2, 0) is 5.41 Å². The van der Waals surface area contributed by atoms with Crippen molar-refractivity contribution in [2.45, 2.75) is 46.1 Å². The lowest BCUT2D eigenvalue weighted by molar-refractivity contribution is 0.242. The molecule has 1 aromatic heterocycles. The Kier molecular flexibility index (Phi) is 4.52. The van der Waals surface area contributed by atoms with Gasteiger partial charge in [-0.2, -0.15) is 0 Å². The van der Waals surface area contributed by atoms with E-state index in [-0.39, 0.29) is 11.5 Å². The molecule has 21 heavy (non-hydrogen) atoms. The quantitative estimate of drug-likeness (QED) is 0.758. The molecular formula is C17H21ClN2O. The number of hydrogen-bond donors (Lipinski definition) is 0. The van der Waals surface area contributed by atoms with Crippen LogP contribution >= 0.6 is 11.6 Å². The summed E-state index contributed by atoms with van der Waals surface area (Å²) < 4.78 is 5.73. The summed E-state index contributed by atoms with van der Waals surface area (Å²) in [7, 11) is 0. The zero-order valence-corrected chi connectivity index (χ0v) is 13.9. The van der Waals surface area contributed by atoms with Gasteiger partial charge < -0.3 is 4.74 Å². The van der Waals surface area contributed by atoms with Gasteiger partial charge in [-0.05, 0) is 26.0 Å². The van der Waals surface area contributed by atoms with E-state index in [0.717, 1.165) is 22.8 Å². The third-order valence-corrected chi connectivity index (χ3v) is 3.06. The smallest absolute Gasteiger partial charge is 0.136 e. The van der Waals surface area contributed by atoms with Crippen LogP contribution in [0.1, 0.15) is 40.4 Å². The monoisotopic (exact) mass is 304 g/mol. The van der Waals surface area contributed by atoms with E-state index in [1.807, 2.05) is 38.1 Å². The number of nitrogens with zero attached hydrogens (tertiary/aromatic N) is 2. The Hall–Kier alpha value is -1.61. The molecule has 0 aliphatic carbocycles. The maximum Gasteiger partial charge on any atom is 0.136 e. The van der Waals surface area contributed by atoms with E-state index in [4.69, 9.17) is 16.3 Å². The summed E-state index contributed by atoms with van der Waals surface area (Å²) in [6.45, 7) is 10.2. The van der Waals surface area contributed by atoms with Gasteiger partial charge in [-0.3, -0.25) is 0 Å². The normalized spacial score (nSPS) is 11.8. The second-order valence-electron chi connectivity index (χ2n) is 6.34. The molecule has 0 radical (unpaired) electrons. The average molecular weight is 305 g/mol. The predicted molar refractivity (Wildman–Crippen MR) is 86.9 cm³/mol. The van der Waals surface area contributed by atoms with Gasteiger partial charge in [0.1, 0.15) is 16.7 Å². The van der Waals surface area contributed by atoms with Gasteiger partial charge in [-0.15, -0.1) is 0 Å². The molecule has 0 saturated carbocycles. The van der Waals surface area contributed by atoms with E-state index in [0.29, 0.717) is 5.15 Å². The van der Waals surface area contributed by atoms with E-state index >= 15 is 0 Å². The summed E-state index contributed by atoms with van der Waals surface area (Å²) in [5.74, 6) is 1.56. The number of aromatic nitrogens is 2. The van der Waals surface area contributed by atoms with Gasteiger partial charge in [0.15, 0.2) is 0 Å². The van der Waals surface area contributed by atoms with Gasteiger partial charge in [-0.1, -0.05) is 44.5 Å². The van der Waals surface area contributed by atoms with Gasteiger partial charge in [0.2, 0.25) is 0 Å². The van der Waals surface area contributed by atoms with Crippen molar-refractivity contribution in [1.29, 1.82) is 0 Å². The molecule has 0 fully saturated rings. The second-order valence-corrected chi connectivity index (χ2v) is 6.73. The Labute approximate surface area is 131 Å². The van der Waals surface area contributed by atoms with Crippen molar-refractivity contribution in [3.05, 3.63) is 41.3 Å². The fourth-order valence-electron chi connectivity index (χ4n) is 1.90. The standard InChI is InChI=1S/C17H21ClN2O/c1-11(2)21-13-8-6-7-12(9-13)14-10-15(18)20-16(19-14)17(3,4)5/h6-11H,1-5H3. The summed E-state index contributed by atoms with van der Waals surface area (Å²) in [4.78, 5) is 8.97. The first-order valence-corrected chi connectivity index (χ1v) is 7.45. The number of hydrogen-bond acceptors (Lipinski definition) is 3. The largest absolute Gasteiger partial charge is 0.491 e. The third kappa shape index (κ3) is 4.18. The zero-order valence-electron chi connectivity index (χ0n) is 13.1. The highest BCUT2D eigenvalue weighted by Gasteiger charge is 2.19.